The van der Waals surface area contributed by atoms with Gasteiger partial charge in [-0.2, -0.15) is 0 Å². The van der Waals surface area contributed by atoms with E-state index < -0.39 is 0 Å². The lowest BCUT2D eigenvalue weighted by Gasteiger charge is -2.25. The maximum atomic E-state index is 5.82. The predicted octanol–water partition coefficient (Wildman–Crippen LogP) is 2.40. The number of halogens is 1. The van der Waals surface area contributed by atoms with Crippen molar-refractivity contribution in [1.29, 1.82) is 0 Å². The minimum Gasteiger partial charge on any atom is -0.299 e. The second kappa shape index (κ2) is 5.16. The van der Waals surface area contributed by atoms with Crippen molar-refractivity contribution in [2.24, 2.45) is 0 Å². The molecule has 0 amide bonds. The van der Waals surface area contributed by atoms with Crippen LogP contribution in [0.4, 0.5) is 0 Å². The molecule has 2 aliphatic heterocycles. The Morgan fingerprint density at radius 2 is 2.11 bits per heavy atom. The van der Waals surface area contributed by atoms with Gasteiger partial charge in [-0.05, 0) is 37.9 Å². The highest BCUT2D eigenvalue weighted by atomic mass is 35.5. The molecule has 3 nitrogen and oxygen atoms in total. The van der Waals surface area contributed by atoms with Gasteiger partial charge >= 0.3 is 0 Å². The van der Waals surface area contributed by atoms with Gasteiger partial charge in [0.1, 0.15) is 5.15 Å². The van der Waals surface area contributed by atoms with Crippen molar-refractivity contribution in [2.45, 2.75) is 37.9 Å². The van der Waals surface area contributed by atoms with E-state index in [1.807, 2.05) is 12.3 Å². The topological polar surface area (TPSA) is 19.4 Å². The summed E-state index contributed by atoms with van der Waals surface area (Å²) in [7, 11) is 2.29. The SMILES string of the molecule is CN1C2CCC1CN(Cc1ccc(Cl)nc1)CC2. The lowest BCUT2D eigenvalue weighted by Crippen LogP contribution is -2.36. The molecule has 98 valence electrons. The van der Waals surface area contributed by atoms with Crippen molar-refractivity contribution in [1.82, 2.24) is 14.8 Å². The van der Waals surface area contributed by atoms with Crippen LogP contribution in [-0.4, -0.2) is 47.0 Å². The molecule has 0 radical (unpaired) electrons. The third-order valence-electron chi connectivity index (χ3n) is 4.43. The normalized spacial score (nSPS) is 29.4. The highest BCUT2D eigenvalue weighted by molar-refractivity contribution is 6.29. The van der Waals surface area contributed by atoms with Crippen LogP contribution in [0.3, 0.4) is 0 Å². The van der Waals surface area contributed by atoms with Gasteiger partial charge in [-0.25, -0.2) is 4.98 Å². The molecule has 2 aliphatic rings. The summed E-state index contributed by atoms with van der Waals surface area (Å²) in [4.78, 5) is 9.30. The Bertz CT molecular complexity index is 406. The average molecular weight is 266 g/mol. The van der Waals surface area contributed by atoms with Crippen LogP contribution in [0.15, 0.2) is 18.3 Å². The largest absolute Gasteiger partial charge is 0.299 e. The molecule has 2 bridgehead atoms. The van der Waals surface area contributed by atoms with Crippen LogP contribution in [0, 0.1) is 0 Å². The Morgan fingerprint density at radius 1 is 1.28 bits per heavy atom. The summed E-state index contributed by atoms with van der Waals surface area (Å²) in [6.45, 7) is 3.39. The maximum absolute atomic E-state index is 5.82. The summed E-state index contributed by atoms with van der Waals surface area (Å²) in [5.74, 6) is 0. The van der Waals surface area contributed by atoms with Crippen LogP contribution in [0.5, 0.6) is 0 Å². The molecule has 0 N–H and O–H groups in total. The number of hydrogen-bond acceptors (Lipinski definition) is 3. The molecule has 3 rings (SSSR count). The molecule has 18 heavy (non-hydrogen) atoms. The number of fused-ring (bicyclic) bond motifs is 2. The first-order chi connectivity index (χ1) is 8.72. The molecule has 0 saturated carbocycles. The highest BCUT2D eigenvalue weighted by Crippen LogP contribution is 2.28. The van der Waals surface area contributed by atoms with Crippen molar-refractivity contribution in [2.75, 3.05) is 20.1 Å². The molecule has 1 aromatic rings. The number of likely N-dealkylation sites (N-methyl/N-ethyl adjacent to an activating group) is 1. The first-order valence-electron chi connectivity index (χ1n) is 6.77. The first kappa shape index (κ1) is 12.4. The van der Waals surface area contributed by atoms with E-state index in [2.05, 4.69) is 27.9 Å². The summed E-state index contributed by atoms with van der Waals surface area (Å²) in [6.07, 6.45) is 5.94. The van der Waals surface area contributed by atoms with Gasteiger partial charge in [0.25, 0.3) is 0 Å². The summed E-state index contributed by atoms with van der Waals surface area (Å²) in [5, 5.41) is 0.577. The molecule has 0 spiro atoms. The molecular formula is C14H20ClN3. The van der Waals surface area contributed by atoms with Crippen molar-refractivity contribution >= 4 is 11.6 Å². The summed E-state index contributed by atoms with van der Waals surface area (Å²) in [5.41, 5.74) is 1.26. The molecule has 4 heteroatoms. The molecular weight excluding hydrogens is 246 g/mol. The van der Waals surface area contributed by atoms with E-state index in [0.717, 1.165) is 18.6 Å². The van der Waals surface area contributed by atoms with E-state index in [0.29, 0.717) is 5.15 Å². The lowest BCUT2D eigenvalue weighted by molar-refractivity contribution is 0.214. The number of aromatic nitrogens is 1. The molecule has 2 saturated heterocycles. The molecule has 2 atom stereocenters. The maximum Gasteiger partial charge on any atom is 0.129 e. The minimum atomic E-state index is 0.577. The van der Waals surface area contributed by atoms with Gasteiger partial charge in [0, 0.05) is 37.9 Å². The number of rotatable bonds is 2. The Kier molecular flexibility index (Phi) is 3.55. The van der Waals surface area contributed by atoms with Crippen LogP contribution in [-0.2, 0) is 6.54 Å². The van der Waals surface area contributed by atoms with E-state index in [4.69, 9.17) is 11.6 Å². The highest BCUT2D eigenvalue weighted by Gasteiger charge is 2.34. The van der Waals surface area contributed by atoms with E-state index in [1.54, 1.807) is 0 Å². The number of nitrogens with zero attached hydrogens (tertiary/aromatic N) is 3. The van der Waals surface area contributed by atoms with Gasteiger partial charge in [-0.3, -0.25) is 9.80 Å². The van der Waals surface area contributed by atoms with E-state index in [1.165, 1.54) is 37.9 Å². The third kappa shape index (κ3) is 2.53. The van der Waals surface area contributed by atoms with Gasteiger partial charge < -0.3 is 0 Å². The molecule has 0 aromatic carbocycles. The second-order valence-electron chi connectivity index (χ2n) is 5.56. The quantitative estimate of drug-likeness (QED) is 0.766. The summed E-state index contributed by atoms with van der Waals surface area (Å²) in [6, 6.07) is 5.52. The van der Waals surface area contributed by atoms with Crippen LogP contribution in [0.1, 0.15) is 24.8 Å². The number of likely N-dealkylation sites (tertiary alicyclic amines) is 1. The number of pyridine rings is 1. The molecule has 1 aromatic heterocycles. The Morgan fingerprint density at radius 3 is 2.89 bits per heavy atom. The first-order valence-corrected chi connectivity index (χ1v) is 7.15. The van der Waals surface area contributed by atoms with E-state index in [-0.39, 0.29) is 0 Å². The van der Waals surface area contributed by atoms with E-state index in [9.17, 15) is 0 Å². The van der Waals surface area contributed by atoms with Gasteiger partial charge in [0.05, 0.1) is 0 Å². The lowest BCUT2D eigenvalue weighted by atomic mass is 10.1. The van der Waals surface area contributed by atoms with E-state index >= 15 is 0 Å². The fourth-order valence-corrected chi connectivity index (χ4v) is 3.39. The van der Waals surface area contributed by atoms with Crippen molar-refractivity contribution < 1.29 is 0 Å². The molecule has 2 unspecified atom stereocenters. The Balaban J connectivity index is 1.65. The molecule has 0 aliphatic carbocycles. The van der Waals surface area contributed by atoms with Crippen LogP contribution < -0.4 is 0 Å². The standard InChI is InChI=1S/C14H20ClN3/c1-17-12-3-4-13(17)10-18(7-6-12)9-11-2-5-14(15)16-8-11/h2,5,8,12-13H,3-4,6-7,9-10H2,1H3. The molecule has 3 heterocycles. The Labute approximate surface area is 114 Å². The summed E-state index contributed by atoms with van der Waals surface area (Å²) >= 11 is 5.82. The van der Waals surface area contributed by atoms with Crippen LogP contribution >= 0.6 is 11.6 Å². The third-order valence-corrected chi connectivity index (χ3v) is 4.65. The van der Waals surface area contributed by atoms with Gasteiger partial charge in [0.2, 0.25) is 0 Å². The fourth-order valence-electron chi connectivity index (χ4n) is 3.28. The fraction of sp³-hybridized carbons (Fsp3) is 0.643. The van der Waals surface area contributed by atoms with Crippen LogP contribution in [0.25, 0.3) is 0 Å². The minimum absolute atomic E-state index is 0.577. The second-order valence-corrected chi connectivity index (χ2v) is 5.95. The van der Waals surface area contributed by atoms with Gasteiger partial charge in [-0.1, -0.05) is 17.7 Å². The number of hydrogen-bond donors (Lipinski definition) is 0. The average Bonchev–Trinajstić information content (AvgIpc) is 2.60. The zero-order chi connectivity index (χ0) is 12.5. The summed E-state index contributed by atoms with van der Waals surface area (Å²) < 4.78 is 0. The predicted molar refractivity (Wildman–Crippen MR) is 73.7 cm³/mol. The smallest absolute Gasteiger partial charge is 0.129 e. The monoisotopic (exact) mass is 265 g/mol. The zero-order valence-electron chi connectivity index (χ0n) is 10.8. The van der Waals surface area contributed by atoms with Crippen molar-refractivity contribution in [3.8, 4) is 0 Å². The van der Waals surface area contributed by atoms with Crippen molar-refractivity contribution in [3.63, 3.8) is 0 Å². The van der Waals surface area contributed by atoms with Crippen molar-refractivity contribution in [3.05, 3.63) is 29.0 Å². The zero-order valence-corrected chi connectivity index (χ0v) is 11.6. The van der Waals surface area contributed by atoms with Crippen LogP contribution in [0.2, 0.25) is 5.15 Å². The van der Waals surface area contributed by atoms with Gasteiger partial charge in [-0.15, -0.1) is 0 Å². The van der Waals surface area contributed by atoms with Gasteiger partial charge in [0.15, 0.2) is 0 Å². The Hall–Kier alpha value is -0.640. The molecule has 2 fully saturated rings.